The molecule has 3 unspecified atom stereocenters. The molecule has 0 saturated heterocycles. The highest BCUT2D eigenvalue weighted by Crippen LogP contribution is 2.27. The molecule has 1 amide bonds. The van der Waals surface area contributed by atoms with E-state index < -0.39 is 11.2 Å². The van der Waals surface area contributed by atoms with Crippen molar-refractivity contribution < 1.29 is 19.4 Å². The van der Waals surface area contributed by atoms with Gasteiger partial charge in [0.05, 0.1) is 18.3 Å². The van der Waals surface area contributed by atoms with Crippen LogP contribution >= 0.6 is 11.8 Å². The van der Waals surface area contributed by atoms with Crippen molar-refractivity contribution in [2.45, 2.75) is 55.8 Å². The Morgan fingerprint density at radius 1 is 1.32 bits per heavy atom. The fourth-order valence-corrected chi connectivity index (χ4v) is 3.92. The van der Waals surface area contributed by atoms with Crippen LogP contribution in [0.5, 0.6) is 0 Å². The quantitative estimate of drug-likeness (QED) is 0.544. The Hall–Kier alpha value is -1.53. The monoisotopic (exact) mass is 365 g/mol. The number of thioether (sulfide) groups is 1. The number of hydrogen-bond donors (Lipinski definition) is 2. The summed E-state index contributed by atoms with van der Waals surface area (Å²) in [6, 6.07) is 7.08. The first-order valence-electron chi connectivity index (χ1n) is 8.87. The summed E-state index contributed by atoms with van der Waals surface area (Å²) >= 11 is 1.18. The number of nitrogens with one attached hydrogen (secondary N) is 1. The molecule has 0 heterocycles. The highest BCUT2D eigenvalue weighted by molar-refractivity contribution is 8.00. The Balaban J connectivity index is 1.83. The summed E-state index contributed by atoms with van der Waals surface area (Å²) in [5.74, 6) is -0.504. The topological polar surface area (TPSA) is 75.6 Å². The molecule has 0 bridgehead atoms. The minimum absolute atomic E-state index is 0.194. The molecule has 0 aromatic heterocycles. The molecule has 1 aromatic rings. The fourth-order valence-electron chi connectivity index (χ4n) is 3.00. The van der Waals surface area contributed by atoms with Crippen LogP contribution in [0.15, 0.2) is 29.2 Å². The zero-order valence-electron chi connectivity index (χ0n) is 14.9. The van der Waals surface area contributed by atoms with Crippen molar-refractivity contribution in [3.63, 3.8) is 0 Å². The summed E-state index contributed by atoms with van der Waals surface area (Å²) in [6.45, 7) is 4.79. The Bertz CT molecular complexity index is 593. The second-order valence-electron chi connectivity index (χ2n) is 6.52. The Labute approximate surface area is 153 Å². The van der Waals surface area contributed by atoms with E-state index in [4.69, 9.17) is 9.84 Å². The van der Waals surface area contributed by atoms with Gasteiger partial charge in [-0.2, -0.15) is 0 Å². The van der Waals surface area contributed by atoms with Crippen LogP contribution < -0.4 is 5.32 Å². The van der Waals surface area contributed by atoms with E-state index in [1.165, 1.54) is 31.0 Å². The van der Waals surface area contributed by atoms with Gasteiger partial charge in [0, 0.05) is 11.4 Å². The fraction of sp³-hybridized carbons (Fsp3) is 0.579. The minimum atomic E-state index is -0.893. The highest BCUT2D eigenvalue weighted by atomic mass is 32.2. The second kappa shape index (κ2) is 9.82. The van der Waals surface area contributed by atoms with E-state index in [2.05, 4.69) is 12.2 Å². The maximum absolute atomic E-state index is 12.4. The Morgan fingerprint density at radius 3 is 2.76 bits per heavy atom. The zero-order valence-corrected chi connectivity index (χ0v) is 15.7. The van der Waals surface area contributed by atoms with Gasteiger partial charge in [0.15, 0.2) is 0 Å². The lowest BCUT2D eigenvalue weighted by Gasteiger charge is -2.28. The van der Waals surface area contributed by atoms with Gasteiger partial charge in [-0.1, -0.05) is 31.9 Å². The molecule has 5 nitrogen and oxygen atoms in total. The molecular formula is C19H27NO4S. The number of carboxylic acid groups (broad SMARTS) is 1. The molecule has 1 aromatic carbocycles. The van der Waals surface area contributed by atoms with E-state index >= 15 is 0 Å². The smallest absolute Gasteiger partial charge is 0.316 e. The lowest BCUT2D eigenvalue weighted by atomic mass is 9.88. The number of hydrogen-bond acceptors (Lipinski definition) is 4. The Morgan fingerprint density at radius 2 is 2.04 bits per heavy atom. The summed E-state index contributed by atoms with van der Waals surface area (Å²) in [4.78, 5) is 24.1. The molecule has 1 aliphatic carbocycles. The van der Waals surface area contributed by atoms with E-state index in [1.807, 2.05) is 0 Å². The molecular weight excluding hydrogens is 338 g/mol. The van der Waals surface area contributed by atoms with Crippen molar-refractivity contribution in [1.29, 1.82) is 0 Å². The van der Waals surface area contributed by atoms with Crippen molar-refractivity contribution in [3.05, 3.63) is 29.8 Å². The number of carboxylic acids is 1. The van der Waals surface area contributed by atoms with E-state index in [9.17, 15) is 9.59 Å². The molecule has 0 radical (unpaired) electrons. The number of rotatable bonds is 8. The SMILES string of the molecule is CC(Sc1ccccc1C(=O)NCCOC1CCCCC1C)C(=O)O. The second-order valence-corrected chi connectivity index (χ2v) is 7.90. The van der Waals surface area contributed by atoms with Crippen LogP contribution in [-0.2, 0) is 9.53 Å². The molecule has 25 heavy (non-hydrogen) atoms. The predicted molar refractivity (Wildman–Crippen MR) is 99.1 cm³/mol. The number of carbonyl (C=O) groups is 2. The summed E-state index contributed by atoms with van der Waals surface area (Å²) in [5.41, 5.74) is 0.506. The van der Waals surface area contributed by atoms with E-state index in [-0.39, 0.29) is 5.91 Å². The molecule has 1 saturated carbocycles. The van der Waals surface area contributed by atoms with Gasteiger partial charge < -0.3 is 15.2 Å². The van der Waals surface area contributed by atoms with Crippen LogP contribution in [0.3, 0.4) is 0 Å². The third kappa shape index (κ3) is 6.04. The largest absolute Gasteiger partial charge is 0.480 e. The van der Waals surface area contributed by atoms with E-state index in [1.54, 1.807) is 31.2 Å². The first-order valence-corrected chi connectivity index (χ1v) is 9.75. The van der Waals surface area contributed by atoms with Gasteiger partial charge >= 0.3 is 5.97 Å². The number of ether oxygens (including phenoxy) is 1. The Kier molecular flexibility index (Phi) is 7.78. The summed E-state index contributed by atoms with van der Waals surface area (Å²) in [7, 11) is 0. The van der Waals surface area contributed by atoms with Crippen LogP contribution in [0.4, 0.5) is 0 Å². The lowest BCUT2D eigenvalue weighted by molar-refractivity contribution is -0.136. The van der Waals surface area contributed by atoms with Crippen LogP contribution in [0.2, 0.25) is 0 Å². The predicted octanol–water partition coefficient (Wildman–Crippen LogP) is 3.58. The molecule has 138 valence electrons. The summed E-state index contributed by atoms with van der Waals surface area (Å²) < 4.78 is 5.91. The van der Waals surface area contributed by atoms with Crippen molar-refractivity contribution in [2.75, 3.05) is 13.2 Å². The number of carbonyl (C=O) groups excluding carboxylic acids is 1. The molecule has 1 aliphatic rings. The standard InChI is InChI=1S/C19H27NO4S/c1-13-7-3-5-9-16(13)24-12-11-20-18(21)15-8-4-6-10-17(15)25-14(2)19(22)23/h4,6,8,10,13-14,16H,3,5,7,9,11-12H2,1-2H3,(H,20,21)(H,22,23). The van der Waals surface area contributed by atoms with Gasteiger partial charge in [0.2, 0.25) is 0 Å². The van der Waals surface area contributed by atoms with Crippen molar-refractivity contribution >= 4 is 23.6 Å². The van der Waals surface area contributed by atoms with Gasteiger partial charge in [0.1, 0.15) is 5.25 Å². The normalized spacial score (nSPS) is 21.5. The first kappa shape index (κ1) is 19.8. The molecule has 6 heteroatoms. The zero-order chi connectivity index (χ0) is 18.2. The van der Waals surface area contributed by atoms with Gasteiger partial charge in [-0.15, -0.1) is 11.8 Å². The molecule has 2 N–H and O–H groups in total. The highest BCUT2D eigenvalue weighted by Gasteiger charge is 2.22. The average Bonchev–Trinajstić information content (AvgIpc) is 2.60. The molecule has 3 atom stereocenters. The van der Waals surface area contributed by atoms with Gasteiger partial charge in [-0.25, -0.2) is 0 Å². The van der Waals surface area contributed by atoms with Crippen LogP contribution in [0.1, 0.15) is 49.9 Å². The van der Waals surface area contributed by atoms with Crippen LogP contribution in [0, 0.1) is 5.92 Å². The maximum atomic E-state index is 12.4. The summed E-state index contributed by atoms with van der Waals surface area (Å²) in [5, 5.41) is 11.3. The number of amides is 1. The molecule has 1 fully saturated rings. The third-order valence-electron chi connectivity index (χ3n) is 4.54. The number of aliphatic carboxylic acids is 1. The van der Waals surface area contributed by atoms with Crippen molar-refractivity contribution in [1.82, 2.24) is 5.32 Å². The minimum Gasteiger partial charge on any atom is -0.480 e. The van der Waals surface area contributed by atoms with Crippen LogP contribution in [-0.4, -0.2) is 41.5 Å². The van der Waals surface area contributed by atoms with Crippen LogP contribution in [0.25, 0.3) is 0 Å². The van der Waals surface area contributed by atoms with Gasteiger partial charge in [-0.05, 0) is 37.8 Å². The molecule has 2 rings (SSSR count). The average molecular weight is 365 g/mol. The lowest BCUT2D eigenvalue weighted by Crippen LogP contribution is -2.32. The van der Waals surface area contributed by atoms with E-state index in [0.29, 0.717) is 35.6 Å². The first-order chi connectivity index (χ1) is 12.0. The van der Waals surface area contributed by atoms with E-state index in [0.717, 1.165) is 6.42 Å². The number of benzene rings is 1. The molecule has 0 spiro atoms. The van der Waals surface area contributed by atoms with Gasteiger partial charge in [0.25, 0.3) is 5.91 Å². The van der Waals surface area contributed by atoms with Crippen molar-refractivity contribution in [2.24, 2.45) is 5.92 Å². The summed E-state index contributed by atoms with van der Waals surface area (Å²) in [6.07, 6.45) is 5.10. The van der Waals surface area contributed by atoms with Crippen molar-refractivity contribution in [3.8, 4) is 0 Å². The molecule has 0 aliphatic heterocycles. The third-order valence-corrected chi connectivity index (χ3v) is 5.70. The van der Waals surface area contributed by atoms with Gasteiger partial charge in [-0.3, -0.25) is 9.59 Å². The maximum Gasteiger partial charge on any atom is 0.316 e.